The Morgan fingerprint density at radius 3 is 2.26 bits per heavy atom. The van der Waals surface area contributed by atoms with E-state index in [1.807, 2.05) is 20.8 Å². The van der Waals surface area contributed by atoms with Gasteiger partial charge in [0.2, 0.25) is 0 Å². The molecule has 23 heavy (non-hydrogen) atoms. The largest absolute Gasteiger partial charge is 0.481 e. The van der Waals surface area contributed by atoms with Crippen molar-refractivity contribution in [2.24, 2.45) is 11.3 Å². The van der Waals surface area contributed by atoms with Crippen LogP contribution in [0.15, 0.2) is 12.7 Å². The summed E-state index contributed by atoms with van der Waals surface area (Å²) in [4.78, 5) is 36.3. The van der Waals surface area contributed by atoms with Crippen molar-refractivity contribution in [3.8, 4) is 0 Å². The van der Waals surface area contributed by atoms with Crippen LogP contribution < -0.4 is 0 Å². The predicted octanol–water partition coefficient (Wildman–Crippen LogP) is 2.31. The first-order valence-corrected chi connectivity index (χ1v) is 7.38. The number of carboxylic acid groups (broad SMARTS) is 1. The number of aliphatic carboxylic acids is 1. The van der Waals surface area contributed by atoms with E-state index in [4.69, 9.17) is 4.74 Å². The number of rotatable bonds is 8. The first-order chi connectivity index (χ1) is 10.5. The van der Waals surface area contributed by atoms with E-state index in [0.29, 0.717) is 0 Å². The third-order valence-corrected chi connectivity index (χ3v) is 3.54. The van der Waals surface area contributed by atoms with Gasteiger partial charge in [0.25, 0.3) is 0 Å². The molecule has 0 aliphatic carbocycles. The zero-order valence-corrected chi connectivity index (χ0v) is 14.5. The second-order valence-corrected chi connectivity index (χ2v) is 6.41. The molecule has 0 saturated heterocycles. The maximum atomic E-state index is 12.1. The Hall–Kier alpha value is -2.05. The summed E-state index contributed by atoms with van der Waals surface area (Å²) in [6.07, 6.45) is 0.897. The molecule has 7 nitrogen and oxygen atoms in total. The monoisotopic (exact) mass is 329 g/mol. The number of hydrogen-bond donors (Lipinski definition) is 1. The van der Waals surface area contributed by atoms with Gasteiger partial charge in [0.05, 0.1) is 13.0 Å². The number of carbonyl (C=O) groups is 3. The third kappa shape index (κ3) is 7.17. The van der Waals surface area contributed by atoms with Crippen LogP contribution in [0.5, 0.6) is 0 Å². The summed E-state index contributed by atoms with van der Waals surface area (Å²) < 4.78 is 9.54. The zero-order chi connectivity index (χ0) is 18.2. The molecule has 0 fully saturated rings. The molecule has 2 atom stereocenters. The molecule has 0 aromatic carbocycles. The number of ether oxygens (including phenoxy) is 2. The Labute approximate surface area is 137 Å². The Kier molecular flexibility index (Phi) is 8.35. The number of nitrogens with zero attached hydrogens (tertiary/aromatic N) is 1. The Morgan fingerprint density at radius 1 is 1.30 bits per heavy atom. The molecule has 0 rings (SSSR count). The molecule has 0 aromatic heterocycles. The molecule has 7 heteroatoms. The molecule has 1 amide bonds. The van der Waals surface area contributed by atoms with Crippen LogP contribution in [-0.4, -0.2) is 54.3 Å². The standard InChI is InChI=1S/C16H27NO6/c1-7-8-23-15(21)17(10-13(18)22-6)11(2)9-12(14(19)20)16(3,4)5/h7,11-12H,1,8-10H2,2-6H3,(H,19,20)/t11-,12?/m1/s1. The smallest absolute Gasteiger partial charge is 0.410 e. The van der Waals surface area contributed by atoms with Gasteiger partial charge in [-0.1, -0.05) is 33.4 Å². The highest BCUT2D eigenvalue weighted by Gasteiger charge is 2.35. The minimum atomic E-state index is -0.943. The summed E-state index contributed by atoms with van der Waals surface area (Å²) in [6, 6.07) is -0.508. The second-order valence-electron chi connectivity index (χ2n) is 6.41. The fourth-order valence-electron chi connectivity index (χ4n) is 2.11. The van der Waals surface area contributed by atoms with Gasteiger partial charge in [-0.15, -0.1) is 0 Å². The van der Waals surface area contributed by atoms with E-state index in [1.165, 1.54) is 18.1 Å². The van der Waals surface area contributed by atoms with Gasteiger partial charge < -0.3 is 14.6 Å². The van der Waals surface area contributed by atoms with E-state index >= 15 is 0 Å². The Bertz CT molecular complexity index is 440. The lowest BCUT2D eigenvalue weighted by molar-refractivity contribution is -0.146. The van der Waals surface area contributed by atoms with Crippen molar-refractivity contribution >= 4 is 18.0 Å². The van der Waals surface area contributed by atoms with E-state index < -0.39 is 35.4 Å². The van der Waals surface area contributed by atoms with Crippen LogP contribution in [0.25, 0.3) is 0 Å². The van der Waals surface area contributed by atoms with Gasteiger partial charge in [0.15, 0.2) is 0 Å². The van der Waals surface area contributed by atoms with Crippen LogP contribution in [0, 0.1) is 11.3 Å². The number of carbonyl (C=O) groups excluding carboxylic acids is 2. The molecule has 0 aliphatic rings. The molecule has 1 N–H and O–H groups in total. The van der Waals surface area contributed by atoms with E-state index in [-0.39, 0.29) is 19.6 Å². The summed E-state index contributed by atoms with van der Waals surface area (Å²) >= 11 is 0. The molecule has 0 heterocycles. The summed E-state index contributed by atoms with van der Waals surface area (Å²) in [7, 11) is 1.22. The van der Waals surface area contributed by atoms with Crippen molar-refractivity contribution in [1.29, 1.82) is 0 Å². The molecular formula is C16H27NO6. The van der Waals surface area contributed by atoms with Gasteiger partial charge in [0.1, 0.15) is 13.2 Å². The van der Waals surface area contributed by atoms with E-state index in [1.54, 1.807) is 6.92 Å². The quantitative estimate of drug-likeness (QED) is 0.542. The number of carboxylic acids is 1. The summed E-state index contributed by atoms with van der Waals surface area (Å²) in [5.41, 5.74) is -0.484. The highest BCUT2D eigenvalue weighted by molar-refractivity contribution is 5.78. The minimum Gasteiger partial charge on any atom is -0.481 e. The Balaban J connectivity index is 5.20. The first-order valence-electron chi connectivity index (χ1n) is 7.38. The second kappa shape index (κ2) is 9.17. The van der Waals surface area contributed by atoms with Gasteiger partial charge in [-0.05, 0) is 18.8 Å². The highest BCUT2D eigenvalue weighted by Crippen LogP contribution is 2.31. The first kappa shape index (κ1) is 20.9. The molecule has 1 unspecified atom stereocenters. The van der Waals surface area contributed by atoms with Crippen LogP contribution in [0.2, 0.25) is 0 Å². The summed E-state index contributed by atoms with van der Waals surface area (Å²) in [5.74, 6) is -2.22. The average molecular weight is 329 g/mol. The lowest BCUT2D eigenvalue weighted by Gasteiger charge is -2.33. The van der Waals surface area contributed by atoms with Crippen molar-refractivity contribution in [2.45, 2.75) is 40.2 Å². The van der Waals surface area contributed by atoms with Crippen molar-refractivity contribution in [2.75, 3.05) is 20.3 Å². The number of esters is 1. The van der Waals surface area contributed by atoms with Crippen molar-refractivity contribution < 1.29 is 29.0 Å². The average Bonchev–Trinajstić information content (AvgIpc) is 2.45. The van der Waals surface area contributed by atoms with E-state index in [9.17, 15) is 19.5 Å². The number of hydrogen-bond acceptors (Lipinski definition) is 5. The molecule has 132 valence electrons. The Morgan fingerprint density at radius 2 is 1.87 bits per heavy atom. The number of amides is 1. The lowest BCUT2D eigenvalue weighted by atomic mass is 9.77. The van der Waals surface area contributed by atoms with E-state index in [0.717, 1.165) is 0 Å². The molecule has 0 bridgehead atoms. The molecule has 0 saturated carbocycles. The third-order valence-electron chi connectivity index (χ3n) is 3.54. The molecule has 0 aliphatic heterocycles. The van der Waals surface area contributed by atoms with Crippen molar-refractivity contribution in [1.82, 2.24) is 4.90 Å². The van der Waals surface area contributed by atoms with Gasteiger partial charge >= 0.3 is 18.0 Å². The van der Waals surface area contributed by atoms with Crippen LogP contribution in [0.4, 0.5) is 4.79 Å². The van der Waals surface area contributed by atoms with Crippen molar-refractivity contribution in [3.63, 3.8) is 0 Å². The highest BCUT2D eigenvalue weighted by atomic mass is 16.6. The van der Waals surface area contributed by atoms with Crippen LogP contribution in [-0.2, 0) is 19.1 Å². The van der Waals surface area contributed by atoms with Gasteiger partial charge in [-0.2, -0.15) is 0 Å². The molecule has 0 spiro atoms. The maximum absolute atomic E-state index is 12.1. The van der Waals surface area contributed by atoms with Crippen LogP contribution in [0.1, 0.15) is 34.1 Å². The molecule has 0 radical (unpaired) electrons. The van der Waals surface area contributed by atoms with Crippen LogP contribution in [0.3, 0.4) is 0 Å². The minimum absolute atomic E-state index is 0.00482. The van der Waals surface area contributed by atoms with Crippen molar-refractivity contribution in [3.05, 3.63) is 12.7 Å². The molecular weight excluding hydrogens is 302 g/mol. The SMILES string of the molecule is C=CCOC(=O)N(CC(=O)OC)[C@H](C)CC(C(=O)O)C(C)(C)C. The molecule has 0 aromatic rings. The number of methoxy groups -OCH3 is 1. The maximum Gasteiger partial charge on any atom is 0.410 e. The summed E-state index contributed by atoms with van der Waals surface area (Å²) in [5, 5.41) is 9.41. The van der Waals surface area contributed by atoms with E-state index in [2.05, 4.69) is 11.3 Å². The zero-order valence-electron chi connectivity index (χ0n) is 14.5. The summed E-state index contributed by atoms with van der Waals surface area (Å²) in [6.45, 7) is 10.3. The fraction of sp³-hybridized carbons (Fsp3) is 0.688. The lowest BCUT2D eigenvalue weighted by Crippen LogP contribution is -2.45. The normalized spacial score (nSPS) is 13.6. The van der Waals surface area contributed by atoms with Crippen LogP contribution >= 0.6 is 0 Å². The predicted molar refractivity (Wildman–Crippen MR) is 84.9 cm³/mol. The topological polar surface area (TPSA) is 93.1 Å². The van der Waals surface area contributed by atoms with Gasteiger partial charge in [0, 0.05) is 6.04 Å². The van der Waals surface area contributed by atoms with Gasteiger partial charge in [-0.3, -0.25) is 14.5 Å². The fourth-order valence-corrected chi connectivity index (χ4v) is 2.11. The van der Waals surface area contributed by atoms with Gasteiger partial charge in [-0.25, -0.2) is 4.79 Å².